The van der Waals surface area contributed by atoms with Gasteiger partial charge >= 0.3 is 11.9 Å². The summed E-state index contributed by atoms with van der Waals surface area (Å²) in [6, 6.07) is 0. The van der Waals surface area contributed by atoms with Gasteiger partial charge in [-0.05, 0) is 51.4 Å². The van der Waals surface area contributed by atoms with Crippen molar-refractivity contribution < 1.29 is 19.1 Å². The number of hydrogen-bond acceptors (Lipinski definition) is 4. The van der Waals surface area contributed by atoms with Gasteiger partial charge in [0, 0.05) is 6.92 Å². The van der Waals surface area contributed by atoms with E-state index in [1.165, 1.54) is 6.92 Å². The van der Waals surface area contributed by atoms with Gasteiger partial charge in [0.1, 0.15) is 12.2 Å². The molecular weight excluding hydrogens is 244 g/mol. The fourth-order valence-corrected chi connectivity index (χ4v) is 3.11. The van der Waals surface area contributed by atoms with Gasteiger partial charge in [-0.2, -0.15) is 0 Å². The van der Waals surface area contributed by atoms with Crippen molar-refractivity contribution in [3.63, 3.8) is 0 Å². The predicted octanol–water partition coefficient (Wildman–Crippen LogP) is 2.70. The Morgan fingerprint density at radius 3 is 2.00 bits per heavy atom. The third kappa shape index (κ3) is 2.93. The van der Waals surface area contributed by atoms with E-state index in [4.69, 9.17) is 9.47 Å². The second-order valence-electron chi connectivity index (χ2n) is 6.56. The highest BCUT2D eigenvalue weighted by atomic mass is 16.6. The van der Waals surface area contributed by atoms with Crippen LogP contribution in [-0.4, -0.2) is 24.1 Å². The van der Waals surface area contributed by atoms with Crippen LogP contribution < -0.4 is 0 Å². The maximum Gasteiger partial charge on any atom is 0.311 e. The molecule has 0 spiro atoms. The summed E-state index contributed by atoms with van der Waals surface area (Å²) < 4.78 is 11.0. The highest BCUT2D eigenvalue weighted by Crippen LogP contribution is 2.48. The highest BCUT2D eigenvalue weighted by molar-refractivity contribution is 5.76. The van der Waals surface area contributed by atoms with Gasteiger partial charge in [0.2, 0.25) is 0 Å². The molecule has 2 saturated carbocycles. The molecule has 2 aliphatic rings. The van der Waals surface area contributed by atoms with Crippen molar-refractivity contribution >= 4 is 11.9 Å². The summed E-state index contributed by atoms with van der Waals surface area (Å²) in [6.45, 7) is 7.29. The Morgan fingerprint density at radius 1 is 1.05 bits per heavy atom. The molecule has 19 heavy (non-hydrogen) atoms. The van der Waals surface area contributed by atoms with Crippen molar-refractivity contribution in [2.24, 2.45) is 17.3 Å². The first kappa shape index (κ1) is 14.4. The molecule has 0 aromatic heterocycles. The first-order valence-electron chi connectivity index (χ1n) is 7.21. The van der Waals surface area contributed by atoms with E-state index < -0.39 is 5.41 Å². The summed E-state index contributed by atoms with van der Waals surface area (Å²) >= 11 is 0. The normalized spacial score (nSPS) is 33.3. The monoisotopic (exact) mass is 268 g/mol. The van der Waals surface area contributed by atoms with Crippen molar-refractivity contribution in [3.05, 3.63) is 0 Å². The molecule has 2 rings (SSSR count). The van der Waals surface area contributed by atoms with Gasteiger partial charge in [-0.15, -0.1) is 0 Å². The Balaban J connectivity index is 1.88. The molecule has 4 nitrogen and oxygen atoms in total. The molecule has 0 aromatic carbocycles. The number of carbonyl (C=O) groups is 2. The van der Waals surface area contributed by atoms with Crippen molar-refractivity contribution in [3.8, 4) is 0 Å². The lowest BCUT2D eigenvalue weighted by Crippen LogP contribution is -2.35. The van der Waals surface area contributed by atoms with E-state index in [0.717, 1.165) is 25.7 Å². The zero-order valence-electron chi connectivity index (χ0n) is 12.3. The van der Waals surface area contributed by atoms with Crippen LogP contribution in [0.3, 0.4) is 0 Å². The van der Waals surface area contributed by atoms with E-state index in [2.05, 4.69) is 0 Å². The smallest absolute Gasteiger partial charge is 0.311 e. The lowest BCUT2D eigenvalue weighted by molar-refractivity contribution is -0.165. The first-order valence-corrected chi connectivity index (χ1v) is 7.21. The molecule has 2 fully saturated rings. The highest BCUT2D eigenvalue weighted by Gasteiger charge is 2.49. The third-order valence-corrected chi connectivity index (χ3v) is 4.74. The molecule has 0 aliphatic heterocycles. The molecule has 2 bridgehead atoms. The fraction of sp³-hybridized carbons (Fsp3) is 0.867. The first-order chi connectivity index (χ1) is 8.83. The second kappa shape index (κ2) is 5.14. The minimum atomic E-state index is -0.406. The molecule has 4 unspecified atom stereocenters. The minimum absolute atomic E-state index is 0.0233. The van der Waals surface area contributed by atoms with Crippen molar-refractivity contribution in [2.45, 2.75) is 65.6 Å². The fourth-order valence-electron chi connectivity index (χ4n) is 3.11. The van der Waals surface area contributed by atoms with Gasteiger partial charge in [-0.3, -0.25) is 9.59 Å². The average Bonchev–Trinajstić information content (AvgIpc) is 2.87. The van der Waals surface area contributed by atoms with Crippen molar-refractivity contribution in [1.82, 2.24) is 0 Å². The van der Waals surface area contributed by atoms with E-state index in [1.807, 2.05) is 20.8 Å². The summed E-state index contributed by atoms with van der Waals surface area (Å²) in [5, 5.41) is 0. The lowest BCUT2D eigenvalue weighted by atomic mass is 9.90. The number of fused-ring (bicyclic) bond motifs is 2. The summed E-state index contributed by atoms with van der Waals surface area (Å²) in [7, 11) is 0. The average molecular weight is 268 g/mol. The van der Waals surface area contributed by atoms with Gasteiger partial charge < -0.3 is 9.47 Å². The van der Waals surface area contributed by atoms with Crippen LogP contribution in [0.2, 0.25) is 0 Å². The number of ether oxygens (including phenoxy) is 2. The van der Waals surface area contributed by atoms with Crippen LogP contribution in [0.5, 0.6) is 0 Å². The number of rotatable bonds is 4. The topological polar surface area (TPSA) is 52.6 Å². The SMILES string of the molecule is CCC(C)(C)C(=O)OC1CC2CC1CC2OC(C)=O. The maximum absolute atomic E-state index is 12.1. The number of esters is 2. The van der Waals surface area contributed by atoms with Crippen LogP contribution in [0.25, 0.3) is 0 Å². The van der Waals surface area contributed by atoms with Crippen LogP contribution in [0.15, 0.2) is 0 Å². The van der Waals surface area contributed by atoms with Crippen molar-refractivity contribution in [1.29, 1.82) is 0 Å². The molecule has 4 heteroatoms. The molecule has 0 heterocycles. The second-order valence-corrected chi connectivity index (χ2v) is 6.56. The summed E-state index contributed by atoms with van der Waals surface area (Å²) in [5.41, 5.74) is -0.406. The maximum atomic E-state index is 12.1. The minimum Gasteiger partial charge on any atom is -0.462 e. The van der Waals surface area contributed by atoms with E-state index in [0.29, 0.717) is 11.8 Å². The summed E-state index contributed by atoms with van der Waals surface area (Å²) in [6.07, 6.45) is 3.54. The Morgan fingerprint density at radius 2 is 1.58 bits per heavy atom. The standard InChI is InChI=1S/C15H24O4/c1-5-15(3,4)14(17)19-13-8-10-6-11(13)7-12(10)18-9(2)16/h10-13H,5-8H2,1-4H3. The summed E-state index contributed by atoms with van der Waals surface area (Å²) in [4.78, 5) is 23.1. The van der Waals surface area contributed by atoms with Gasteiger partial charge in [0.25, 0.3) is 0 Å². The Hall–Kier alpha value is -1.06. The molecule has 0 aromatic rings. The van der Waals surface area contributed by atoms with Gasteiger partial charge in [-0.1, -0.05) is 6.92 Å². The van der Waals surface area contributed by atoms with E-state index in [1.54, 1.807) is 0 Å². The van der Waals surface area contributed by atoms with Crippen LogP contribution in [0.4, 0.5) is 0 Å². The molecule has 108 valence electrons. The number of carbonyl (C=O) groups excluding carboxylic acids is 2. The van der Waals surface area contributed by atoms with Gasteiger partial charge in [0.15, 0.2) is 0 Å². The molecule has 0 radical (unpaired) electrons. The van der Waals surface area contributed by atoms with Crippen LogP contribution in [0.1, 0.15) is 53.4 Å². The molecule has 2 aliphatic carbocycles. The van der Waals surface area contributed by atoms with E-state index in [-0.39, 0.29) is 24.1 Å². The lowest BCUT2D eigenvalue weighted by Gasteiger charge is -2.30. The molecule has 4 atom stereocenters. The van der Waals surface area contributed by atoms with E-state index >= 15 is 0 Å². The largest absolute Gasteiger partial charge is 0.462 e. The molecule has 0 saturated heterocycles. The zero-order chi connectivity index (χ0) is 14.2. The Labute approximate surface area is 114 Å². The van der Waals surface area contributed by atoms with Gasteiger partial charge in [0.05, 0.1) is 5.41 Å². The third-order valence-electron chi connectivity index (χ3n) is 4.74. The zero-order valence-corrected chi connectivity index (χ0v) is 12.3. The summed E-state index contributed by atoms with van der Waals surface area (Å²) in [5.74, 6) is 0.428. The predicted molar refractivity (Wildman–Crippen MR) is 70.3 cm³/mol. The molecular formula is C15H24O4. The van der Waals surface area contributed by atoms with E-state index in [9.17, 15) is 9.59 Å². The Kier molecular flexibility index (Phi) is 3.88. The number of hydrogen-bond donors (Lipinski definition) is 0. The van der Waals surface area contributed by atoms with Crippen LogP contribution >= 0.6 is 0 Å². The quantitative estimate of drug-likeness (QED) is 0.736. The van der Waals surface area contributed by atoms with Crippen LogP contribution in [0, 0.1) is 17.3 Å². The van der Waals surface area contributed by atoms with Gasteiger partial charge in [-0.25, -0.2) is 0 Å². The van der Waals surface area contributed by atoms with Crippen molar-refractivity contribution in [2.75, 3.05) is 0 Å². The molecule has 0 N–H and O–H groups in total. The molecule has 0 amide bonds. The Bertz CT molecular complexity index is 374. The van der Waals surface area contributed by atoms with Crippen LogP contribution in [-0.2, 0) is 19.1 Å².